The molecule has 0 aliphatic heterocycles. The maximum Gasteiger partial charge on any atom is 0.394 e. The predicted molar refractivity (Wildman–Crippen MR) is 116 cm³/mol. The van der Waals surface area contributed by atoms with Crippen LogP contribution in [0.2, 0.25) is 0 Å². The minimum absolute atomic E-state index is 0.784. The minimum atomic E-state index is -4.67. The van der Waals surface area contributed by atoms with Gasteiger partial charge in [0.15, 0.2) is 0 Å². The Kier molecular flexibility index (Phi) is 14.9. The van der Waals surface area contributed by atoms with Crippen molar-refractivity contribution in [2.24, 2.45) is 11.5 Å². The van der Waals surface area contributed by atoms with Gasteiger partial charge in [-0.2, -0.15) is 8.42 Å². The van der Waals surface area contributed by atoms with E-state index in [1.165, 1.54) is 22.5 Å². The first kappa shape index (κ1) is 27.1. The third-order valence-corrected chi connectivity index (χ3v) is 3.97. The molecule has 0 aliphatic carbocycles. The second kappa shape index (κ2) is 15.9. The molecule has 0 fully saturated rings. The summed E-state index contributed by atoms with van der Waals surface area (Å²) in [5.41, 5.74) is 15.8. The van der Waals surface area contributed by atoms with Gasteiger partial charge in [-0.25, -0.2) is 0 Å². The minimum Gasteiger partial charge on any atom is -0.330 e. The Labute approximate surface area is 174 Å². The van der Waals surface area contributed by atoms with E-state index in [2.05, 4.69) is 35.9 Å². The molecule has 29 heavy (non-hydrogen) atoms. The van der Waals surface area contributed by atoms with Gasteiger partial charge in [0.2, 0.25) is 0 Å². The molecule has 0 radical (unpaired) electrons. The second-order valence-corrected chi connectivity index (χ2v) is 7.37. The normalized spacial score (nSPS) is 10.4. The Balaban J connectivity index is 0.000000442. The second-order valence-electron chi connectivity index (χ2n) is 6.47. The molecule has 9 heteroatoms. The third kappa shape index (κ3) is 16.7. The zero-order chi connectivity index (χ0) is 22.1. The van der Waals surface area contributed by atoms with Crippen molar-refractivity contribution < 1.29 is 17.5 Å². The summed E-state index contributed by atoms with van der Waals surface area (Å²) in [5, 5.41) is 0. The molecule has 2 aromatic rings. The van der Waals surface area contributed by atoms with E-state index in [1.54, 1.807) is 0 Å². The van der Waals surface area contributed by atoms with Crippen molar-refractivity contribution in [3.63, 3.8) is 0 Å². The van der Waals surface area contributed by atoms with E-state index in [0.29, 0.717) is 0 Å². The molecule has 8 nitrogen and oxygen atoms in total. The molecular weight excluding hydrogens is 392 g/mol. The van der Waals surface area contributed by atoms with E-state index >= 15 is 0 Å². The molecule has 2 heterocycles. The maximum atomic E-state index is 8.74. The van der Waals surface area contributed by atoms with Crippen molar-refractivity contribution in [3.8, 4) is 0 Å². The number of nitrogens with two attached hydrogens (primary N) is 2. The quantitative estimate of drug-likeness (QED) is 0.371. The van der Waals surface area contributed by atoms with Gasteiger partial charge < -0.3 is 11.5 Å². The van der Waals surface area contributed by atoms with Crippen LogP contribution in [0.25, 0.3) is 0 Å². The van der Waals surface area contributed by atoms with Gasteiger partial charge in [-0.1, -0.05) is 12.1 Å². The zero-order valence-electron chi connectivity index (χ0n) is 17.3. The molecule has 2 rings (SSSR count). The first-order valence-electron chi connectivity index (χ1n) is 9.60. The van der Waals surface area contributed by atoms with Crippen LogP contribution in [-0.4, -0.2) is 40.6 Å². The van der Waals surface area contributed by atoms with Crippen LogP contribution in [0, 0.1) is 13.8 Å². The standard InChI is InChI=1S/2C10H16N2.H2O4S/c2*1-9-5-4-8-12-10(9)6-2-3-7-11;1-5(2,3)4/h2*4-5,8H,2-3,6-7,11H2,1H3;(H2,1,2,3,4). The van der Waals surface area contributed by atoms with Crippen LogP contribution < -0.4 is 11.5 Å². The highest BCUT2D eigenvalue weighted by molar-refractivity contribution is 7.79. The third-order valence-electron chi connectivity index (χ3n) is 3.97. The molecule has 6 N–H and O–H groups in total. The van der Waals surface area contributed by atoms with Gasteiger partial charge in [-0.05, 0) is 88.7 Å². The summed E-state index contributed by atoms with van der Waals surface area (Å²) in [6.07, 6.45) is 10.3. The fraction of sp³-hybridized carbons (Fsp3) is 0.500. The number of rotatable bonds is 8. The Morgan fingerprint density at radius 2 is 1.14 bits per heavy atom. The number of unbranched alkanes of at least 4 members (excludes halogenated alkanes) is 2. The van der Waals surface area contributed by atoms with Gasteiger partial charge in [0, 0.05) is 23.8 Å². The van der Waals surface area contributed by atoms with Gasteiger partial charge in [0.1, 0.15) is 0 Å². The van der Waals surface area contributed by atoms with E-state index in [9.17, 15) is 0 Å². The number of hydrogen-bond acceptors (Lipinski definition) is 6. The lowest BCUT2D eigenvalue weighted by molar-refractivity contribution is 0.381. The van der Waals surface area contributed by atoms with E-state index in [-0.39, 0.29) is 0 Å². The summed E-state index contributed by atoms with van der Waals surface area (Å²) < 4.78 is 31.6. The number of aryl methyl sites for hydroxylation is 4. The molecule has 0 bridgehead atoms. The zero-order valence-corrected chi connectivity index (χ0v) is 18.1. The molecule has 0 spiro atoms. The lowest BCUT2D eigenvalue weighted by atomic mass is 10.1. The smallest absolute Gasteiger partial charge is 0.330 e. The van der Waals surface area contributed by atoms with Crippen molar-refractivity contribution >= 4 is 10.4 Å². The molecule has 0 saturated heterocycles. The fourth-order valence-electron chi connectivity index (χ4n) is 2.43. The van der Waals surface area contributed by atoms with Gasteiger partial charge >= 0.3 is 10.4 Å². The summed E-state index contributed by atoms with van der Waals surface area (Å²) in [6.45, 7) is 5.77. The van der Waals surface area contributed by atoms with Crippen LogP contribution in [0.5, 0.6) is 0 Å². The molecule has 0 atom stereocenters. The van der Waals surface area contributed by atoms with E-state index in [0.717, 1.165) is 51.6 Å². The Morgan fingerprint density at radius 1 is 0.793 bits per heavy atom. The van der Waals surface area contributed by atoms with Crippen molar-refractivity contribution in [1.29, 1.82) is 0 Å². The monoisotopic (exact) mass is 426 g/mol. The number of pyridine rings is 2. The van der Waals surface area contributed by atoms with Crippen LogP contribution in [-0.2, 0) is 23.2 Å². The molecule has 0 saturated carbocycles. The van der Waals surface area contributed by atoms with E-state index in [1.807, 2.05) is 24.5 Å². The summed E-state index contributed by atoms with van der Waals surface area (Å²) >= 11 is 0. The summed E-state index contributed by atoms with van der Waals surface area (Å²) in [7, 11) is -4.67. The number of nitrogens with zero attached hydrogens (tertiary/aromatic N) is 2. The van der Waals surface area contributed by atoms with Crippen LogP contribution in [0.3, 0.4) is 0 Å². The first-order valence-corrected chi connectivity index (χ1v) is 11.0. The molecule has 0 unspecified atom stereocenters. The maximum absolute atomic E-state index is 8.74. The lowest BCUT2D eigenvalue weighted by Gasteiger charge is -2.02. The van der Waals surface area contributed by atoms with Crippen molar-refractivity contribution in [1.82, 2.24) is 9.97 Å². The van der Waals surface area contributed by atoms with Crippen molar-refractivity contribution in [3.05, 3.63) is 59.2 Å². The predicted octanol–water partition coefficient (Wildman–Crippen LogP) is 2.69. The molecule has 0 aromatic carbocycles. The molecule has 164 valence electrons. The van der Waals surface area contributed by atoms with E-state index in [4.69, 9.17) is 29.0 Å². The first-order chi connectivity index (χ1) is 13.7. The summed E-state index contributed by atoms with van der Waals surface area (Å²) in [4.78, 5) is 8.62. The van der Waals surface area contributed by atoms with Crippen molar-refractivity contribution in [2.75, 3.05) is 13.1 Å². The molecular formula is C20H34N4O4S. The fourth-order valence-corrected chi connectivity index (χ4v) is 2.43. The summed E-state index contributed by atoms with van der Waals surface area (Å²) in [5.74, 6) is 0. The van der Waals surface area contributed by atoms with Crippen LogP contribution in [0.4, 0.5) is 0 Å². The largest absolute Gasteiger partial charge is 0.394 e. The molecule has 2 aromatic heterocycles. The van der Waals surface area contributed by atoms with Crippen LogP contribution in [0.1, 0.15) is 48.2 Å². The lowest BCUT2D eigenvalue weighted by Crippen LogP contribution is -2.00. The topological polar surface area (TPSA) is 152 Å². The Bertz CT molecular complexity index is 726. The average molecular weight is 427 g/mol. The molecule has 0 aliphatic rings. The Morgan fingerprint density at radius 3 is 1.41 bits per heavy atom. The average Bonchev–Trinajstić information content (AvgIpc) is 2.64. The van der Waals surface area contributed by atoms with Crippen LogP contribution in [0.15, 0.2) is 36.7 Å². The Hall–Kier alpha value is -1.91. The van der Waals surface area contributed by atoms with Crippen LogP contribution >= 0.6 is 0 Å². The molecule has 0 amide bonds. The van der Waals surface area contributed by atoms with Gasteiger partial charge in [0.05, 0.1) is 0 Å². The van der Waals surface area contributed by atoms with Gasteiger partial charge in [0.25, 0.3) is 0 Å². The highest BCUT2D eigenvalue weighted by Crippen LogP contribution is 2.07. The highest BCUT2D eigenvalue weighted by atomic mass is 32.3. The summed E-state index contributed by atoms with van der Waals surface area (Å²) in [6, 6.07) is 8.15. The number of hydrogen-bond donors (Lipinski definition) is 4. The van der Waals surface area contributed by atoms with Crippen molar-refractivity contribution in [2.45, 2.75) is 52.4 Å². The highest BCUT2D eigenvalue weighted by Gasteiger charge is 1.97. The van der Waals surface area contributed by atoms with E-state index < -0.39 is 10.4 Å². The van der Waals surface area contributed by atoms with Gasteiger partial charge in [-0.15, -0.1) is 0 Å². The SMILES string of the molecule is Cc1cccnc1CCCCN.Cc1cccnc1CCCCN.O=S(=O)(O)O. The van der Waals surface area contributed by atoms with Gasteiger partial charge in [-0.3, -0.25) is 19.1 Å². The number of aromatic nitrogens is 2.